The van der Waals surface area contributed by atoms with E-state index in [-0.39, 0.29) is 18.1 Å². The molecule has 2 heterocycles. The highest BCUT2D eigenvalue weighted by atomic mass is 16.5. The molecule has 0 aromatic heterocycles. The molecular formula is C16H22N2O3. The first-order valence-electron chi connectivity index (χ1n) is 7.62. The van der Waals surface area contributed by atoms with Gasteiger partial charge in [-0.15, -0.1) is 0 Å². The summed E-state index contributed by atoms with van der Waals surface area (Å²) in [5.74, 6) is 0.828. The van der Waals surface area contributed by atoms with Crippen molar-refractivity contribution in [2.75, 3.05) is 26.3 Å². The first kappa shape index (κ1) is 14.4. The van der Waals surface area contributed by atoms with Crippen molar-refractivity contribution in [1.82, 2.24) is 4.90 Å². The molecule has 0 aliphatic carbocycles. The van der Waals surface area contributed by atoms with Gasteiger partial charge in [0.2, 0.25) is 0 Å². The van der Waals surface area contributed by atoms with Crippen LogP contribution in [0.25, 0.3) is 0 Å². The number of ether oxygens (including phenoxy) is 2. The molecule has 5 nitrogen and oxygen atoms in total. The Bertz CT molecular complexity index is 483. The molecule has 2 aliphatic heterocycles. The average molecular weight is 290 g/mol. The number of carbonyl (C=O) groups excluding carboxylic acids is 1. The van der Waals surface area contributed by atoms with E-state index in [1.54, 1.807) is 0 Å². The lowest BCUT2D eigenvalue weighted by Gasteiger charge is -2.16. The van der Waals surface area contributed by atoms with Crippen LogP contribution in [-0.4, -0.2) is 49.3 Å². The Balaban J connectivity index is 1.54. The normalized spacial score (nSPS) is 25.3. The van der Waals surface area contributed by atoms with E-state index in [0.717, 1.165) is 38.2 Å². The fourth-order valence-corrected chi connectivity index (χ4v) is 2.81. The number of likely N-dealkylation sites (tertiary alicyclic amines) is 1. The minimum Gasteiger partial charge on any atom is -0.491 e. The van der Waals surface area contributed by atoms with Gasteiger partial charge in [0.05, 0.1) is 6.10 Å². The van der Waals surface area contributed by atoms with Crippen molar-refractivity contribution >= 4 is 5.91 Å². The Morgan fingerprint density at radius 1 is 1.33 bits per heavy atom. The predicted molar refractivity (Wildman–Crippen MR) is 79.4 cm³/mol. The Morgan fingerprint density at radius 3 is 2.76 bits per heavy atom. The van der Waals surface area contributed by atoms with E-state index in [1.807, 2.05) is 29.2 Å². The Labute approximate surface area is 125 Å². The molecule has 2 fully saturated rings. The molecule has 0 spiro atoms. The number of nitrogens with zero attached hydrogens (tertiary/aromatic N) is 1. The maximum atomic E-state index is 12.3. The van der Waals surface area contributed by atoms with Crippen molar-refractivity contribution in [3.05, 3.63) is 29.8 Å². The monoisotopic (exact) mass is 290 g/mol. The largest absolute Gasteiger partial charge is 0.491 e. The zero-order valence-corrected chi connectivity index (χ0v) is 12.2. The smallest absolute Gasteiger partial charge is 0.253 e. The SMILES string of the molecule is N[C@H]1CCN(C(=O)c2ccc(OC[C@@H]3CCCO3)cc2)C1. The second-order valence-electron chi connectivity index (χ2n) is 5.77. The van der Waals surface area contributed by atoms with Crippen LogP contribution in [0.5, 0.6) is 5.75 Å². The van der Waals surface area contributed by atoms with Crippen molar-refractivity contribution in [2.45, 2.75) is 31.4 Å². The molecule has 1 amide bonds. The summed E-state index contributed by atoms with van der Waals surface area (Å²) < 4.78 is 11.2. The minimum absolute atomic E-state index is 0.0497. The van der Waals surface area contributed by atoms with Crippen LogP contribution in [0.15, 0.2) is 24.3 Å². The van der Waals surface area contributed by atoms with Crippen molar-refractivity contribution < 1.29 is 14.3 Å². The van der Waals surface area contributed by atoms with Crippen LogP contribution in [0.1, 0.15) is 29.6 Å². The highest BCUT2D eigenvalue weighted by Crippen LogP contribution is 2.18. The molecule has 21 heavy (non-hydrogen) atoms. The standard InChI is InChI=1S/C16H22N2O3/c17-13-7-8-18(10-13)16(19)12-3-5-14(6-4-12)21-11-15-2-1-9-20-15/h3-6,13,15H,1-2,7-11,17H2/t13-,15-/m0/s1. The van der Waals surface area contributed by atoms with Crippen LogP contribution in [-0.2, 0) is 4.74 Å². The molecule has 5 heteroatoms. The lowest BCUT2D eigenvalue weighted by atomic mass is 10.2. The maximum Gasteiger partial charge on any atom is 0.253 e. The van der Waals surface area contributed by atoms with Gasteiger partial charge in [-0.1, -0.05) is 0 Å². The molecule has 0 unspecified atom stereocenters. The second-order valence-corrected chi connectivity index (χ2v) is 5.77. The average Bonchev–Trinajstić information content (AvgIpc) is 3.16. The predicted octanol–water partition coefficient (Wildman–Crippen LogP) is 1.42. The zero-order chi connectivity index (χ0) is 14.7. The van der Waals surface area contributed by atoms with E-state index in [2.05, 4.69) is 0 Å². The van der Waals surface area contributed by atoms with Gasteiger partial charge in [0.15, 0.2) is 0 Å². The van der Waals surface area contributed by atoms with E-state index in [4.69, 9.17) is 15.2 Å². The molecule has 2 aliphatic rings. The number of rotatable bonds is 4. The van der Waals surface area contributed by atoms with Crippen LogP contribution in [0.4, 0.5) is 0 Å². The number of carbonyl (C=O) groups is 1. The van der Waals surface area contributed by atoms with Crippen molar-refractivity contribution in [3.63, 3.8) is 0 Å². The molecule has 2 N–H and O–H groups in total. The van der Waals surface area contributed by atoms with Crippen LogP contribution in [0.3, 0.4) is 0 Å². The number of amides is 1. The summed E-state index contributed by atoms with van der Waals surface area (Å²) in [6.07, 6.45) is 3.26. The minimum atomic E-state index is 0.0497. The third kappa shape index (κ3) is 3.54. The van der Waals surface area contributed by atoms with E-state index >= 15 is 0 Å². The summed E-state index contributed by atoms with van der Waals surface area (Å²) in [7, 11) is 0. The zero-order valence-electron chi connectivity index (χ0n) is 12.2. The summed E-state index contributed by atoms with van der Waals surface area (Å²) in [6, 6.07) is 7.44. The summed E-state index contributed by atoms with van der Waals surface area (Å²) in [4.78, 5) is 14.1. The molecule has 114 valence electrons. The van der Waals surface area contributed by atoms with Crippen LogP contribution in [0.2, 0.25) is 0 Å². The van der Waals surface area contributed by atoms with E-state index in [0.29, 0.717) is 18.7 Å². The van der Waals surface area contributed by atoms with Gasteiger partial charge in [0.25, 0.3) is 5.91 Å². The molecule has 2 atom stereocenters. The van der Waals surface area contributed by atoms with Crippen LogP contribution in [0, 0.1) is 0 Å². The maximum absolute atomic E-state index is 12.3. The lowest BCUT2D eigenvalue weighted by Crippen LogP contribution is -2.31. The molecule has 0 saturated carbocycles. The second kappa shape index (κ2) is 6.45. The number of benzene rings is 1. The number of hydrogen-bond donors (Lipinski definition) is 1. The van der Waals surface area contributed by atoms with E-state index in [1.165, 1.54) is 0 Å². The van der Waals surface area contributed by atoms with E-state index < -0.39 is 0 Å². The van der Waals surface area contributed by atoms with Crippen LogP contribution < -0.4 is 10.5 Å². The molecular weight excluding hydrogens is 268 g/mol. The third-order valence-corrected chi connectivity index (χ3v) is 4.07. The molecule has 2 saturated heterocycles. The van der Waals surface area contributed by atoms with Gasteiger partial charge in [-0.25, -0.2) is 0 Å². The number of nitrogens with two attached hydrogens (primary N) is 1. The Morgan fingerprint density at radius 2 is 2.14 bits per heavy atom. The lowest BCUT2D eigenvalue weighted by molar-refractivity contribution is 0.0679. The van der Waals surface area contributed by atoms with Crippen molar-refractivity contribution in [2.24, 2.45) is 5.73 Å². The summed E-state index contributed by atoms with van der Waals surface area (Å²) in [5.41, 5.74) is 6.53. The highest BCUT2D eigenvalue weighted by molar-refractivity contribution is 5.94. The first-order chi connectivity index (χ1) is 10.2. The van der Waals surface area contributed by atoms with Gasteiger partial charge >= 0.3 is 0 Å². The van der Waals surface area contributed by atoms with Gasteiger partial charge in [-0.3, -0.25) is 4.79 Å². The highest BCUT2D eigenvalue weighted by Gasteiger charge is 2.24. The summed E-state index contributed by atoms with van der Waals surface area (Å²) >= 11 is 0. The molecule has 0 bridgehead atoms. The Kier molecular flexibility index (Phi) is 4.41. The fourth-order valence-electron chi connectivity index (χ4n) is 2.81. The number of hydrogen-bond acceptors (Lipinski definition) is 4. The quantitative estimate of drug-likeness (QED) is 0.911. The van der Waals surface area contributed by atoms with Crippen LogP contribution >= 0.6 is 0 Å². The first-order valence-corrected chi connectivity index (χ1v) is 7.62. The van der Waals surface area contributed by atoms with E-state index in [9.17, 15) is 4.79 Å². The van der Waals surface area contributed by atoms with Gasteiger partial charge in [-0.2, -0.15) is 0 Å². The molecule has 1 aromatic carbocycles. The Hall–Kier alpha value is -1.59. The summed E-state index contributed by atoms with van der Waals surface area (Å²) in [6.45, 7) is 2.81. The third-order valence-electron chi connectivity index (χ3n) is 4.07. The van der Waals surface area contributed by atoms with Gasteiger partial charge < -0.3 is 20.1 Å². The molecule has 3 rings (SSSR count). The molecule has 0 radical (unpaired) electrons. The van der Waals surface area contributed by atoms with Crippen molar-refractivity contribution in [3.8, 4) is 5.75 Å². The molecule has 1 aromatic rings. The summed E-state index contributed by atoms with van der Waals surface area (Å²) in [5, 5.41) is 0. The van der Waals surface area contributed by atoms with Gasteiger partial charge in [0.1, 0.15) is 12.4 Å². The van der Waals surface area contributed by atoms with Crippen molar-refractivity contribution in [1.29, 1.82) is 0 Å². The van der Waals surface area contributed by atoms with Gasteiger partial charge in [0, 0.05) is 31.3 Å². The fraction of sp³-hybridized carbons (Fsp3) is 0.562. The topological polar surface area (TPSA) is 64.8 Å². The van der Waals surface area contributed by atoms with Gasteiger partial charge in [-0.05, 0) is 43.5 Å².